The number of benzene rings is 1. The summed E-state index contributed by atoms with van der Waals surface area (Å²) in [6, 6.07) is 6.75. The number of anilines is 1. The molecule has 7 heteroatoms. The van der Waals surface area contributed by atoms with Gasteiger partial charge in [-0.2, -0.15) is 0 Å². The minimum atomic E-state index is -3.38. The molecule has 0 amide bonds. The van der Waals surface area contributed by atoms with Crippen LogP contribution in [0.3, 0.4) is 0 Å². The van der Waals surface area contributed by atoms with Gasteiger partial charge in [0.2, 0.25) is 10.0 Å². The normalized spacial score (nSPS) is 14.9. The average molecular weight is 304 g/mol. The molecule has 0 saturated carbocycles. The van der Waals surface area contributed by atoms with Crippen LogP contribution < -0.4 is 10.0 Å². The number of nitrogens with one attached hydrogen (secondary N) is 2. The molecule has 0 fully saturated rings. The van der Waals surface area contributed by atoms with E-state index >= 15 is 0 Å². The van der Waals surface area contributed by atoms with Crippen LogP contribution >= 0.6 is 0 Å². The molecular weight excluding hydrogens is 284 g/mol. The van der Waals surface area contributed by atoms with Gasteiger partial charge in [0.15, 0.2) is 0 Å². The molecule has 1 aromatic carbocycles. The van der Waals surface area contributed by atoms with Crippen LogP contribution in [-0.2, 0) is 20.8 Å². The summed E-state index contributed by atoms with van der Waals surface area (Å²) in [6.45, 7) is 2.01. The molecule has 5 nitrogen and oxygen atoms in total. The number of rotatable bonds is 7. The lowest BCUT2D eigenvalue weighted by Gasteiger charge is -2.14. The van der Waals surface area contributed by atoms with Crippen LogP contribution in [0.5, 0.6) is 0 Å². The minimum absolute atomic E-state index is 0.190. The van der Waals surface area contributed by atoms with E-state index in [2.05, 4.69) is 10.0 Å². The first-order chi connectivity index (χ1) is 8.85. The van der Waals surface area contributed by atoms with Gasteiger partial charge in [0.25, 0.3) is 0 Å². The first-order valence-corrected chi connectivity index (χ1v) is 9.16. The van der Waals surface area contributed by atoms with Crippen LogP contribution in [0.4, 0.5) is 5.69 Å². The van der Waals surface area contributed by atoms with Crippen LogP contribution in [0.2, 0.25) is 0 Å². The predicted octanol–water partition coefficient (Wildman–Crippen LogP) is 1.16. The Hall–Kier alpha value is -0.920. The van der Waals surface area contributed by atoms with Gasteiger partial charge < -0.3 is 5.32 Å². The highest BCUT2D eigenvalue weighted by Crippen LogP contribution is 2.15. The molecule has 0 radical (unpaired) electrons. The largest absolute Gasteiger partial charge is 0.383 e. The van der Waals surface area contributed by atoms with Crippen LogP contribution in [0.15, 0.2) is 29.2 Å². The van der Waals surface area contributed by atoms with E-state index in [0.29, 0.717) is 5.75 Å². The first-order valence-electron chi connectivity index (χ1n) is 5.95. The third kappa shape index (κ3) is 5.30. The first kappa shape index (κ1) is 16.1. The van der Waals surface area contributed by atoms with E-state index in [1.807, 2.05) is 6.92 Å². The molecule has 1 rings (SSSR count). The minimum Gasteiger partial charge on any atom is -0.383 e. The van der Waals surface area contributed by atoms with Crippen molar-refractivity contribution in [3.63, 3.8) is 0 Å². The topological polar surface area (TPSA) is 75.3 Å². The molecule has 0 spiro atoms. The molecule has 2 atom stereocenters. The van der Waals surface area contributed by atoms with Gasteiger partial charge >= 0.3 is 0 Å². The van der Waals surface area contributed by atoms with Crippen molar-refractivity contribution in [1.82, 2.24) is 4.72 Å². The van der Waals surface area contributed by atoms with Crippen molar-refractivity contribution in [2.24, 2.45) is 0 Å². The van der Waals surface area contributed by atoms with E-state index in [0.717, 1.165) is 12.1 Å². The number of hydrogen-bond donors (Lipinski definition) is 2. The Balaban J connectivity index is 2.65. The summed E-state index contributed by atoms with van der Waals surface area (Å²) in [4.78, 5) is 0.239. The molecule has 0 aliphatic carbocycles. The highest BCUT2D eigenvalue weighted by molar-refractivity contribution is 7.89. The van der Waals surface area contributed by atoms with E-state index in [1.165, 1.54) is 7.05 Å². The van der Waals surface area contributed by atoms with E-state index in [4.69, 9.17) is 0 Å². The molecule has 2 N–H and O–H groups in total. The summed E-state index contributed by atoms with van der Waals surface area (Å²) in [5, 5.41) is 3.24. The van der Waals surface area contributed by atoms with Crippen molar-refractivity contribution in [2.45, 2.75) is 24.3 Å². The van der Waals surface area contributed by atoms with Crippen LogP contribution in [-0.4, -0.2) is 37.7 Å². The molecule has 0 heterocycles. The Bertz CT molecular complexity index is 526. The smallest absolute Gasteiger partial charge is 0.240 e. The summed E-state index contributed by atoms with van der Waals surface area (Å²) >= 11 is 0. The Morgan fingerprint density at radius 1 is 1.26 bits per heavy atom. The average Bonchev–Trinajstić information content (AvgIpc) is 2.37. The molecule has 0 saturated heterocycles. The fraction of sp³-hybridized carbons (Fsp3) is 0.500. The van der Waals surface area contributed by atoms with Gasteiger partial charge in [0.05, 0.1) is 4.90 Å². The molecule has 0 aliphatic rings. The maximum atomic E-state index is 11.5. The highest BCUT2D eigenvalue weighted by atomic mass is 32.2. The fourth-order valence-electron chi connectivity index (χ4n) is 1.55. The van der Waals surface area contributed by atoms with E-state index in [9.17, 15) is 12.6 Å². The fourth-order valence-corrected chi connectivity index (χ4v) is 2.96. The molecule has 108 valence electrons. The number of hydrogen-bond acceptors (Lipinski definition) is 4. The highest BCUT2D eigenvalue weighted by Gasteiger charge is 2.10. The molecule has 0 aromatic heterocycles. The molecule has 19 heavy (non-hydrogen) atoms. The molecule has 1 aromatic rings. The van der Waals surface area contributed by atoms with Crippen LogP contribution in [0, 0.1) is 0 Å². The SMILES string of the molecule is CNS(=O)(=O)c1ccc(NC(C)CCS(C)=O)cc1. The van der Waals surface area contributed by atoms with Crippen molar-refractivity contribution in [2.75, 3.05) is 24.4 Å². The second-order valence-corrected chi connectivity index (χ2v) is 7.78. The van der Waals surface area contributed by atoms with Gasteiger partial charge in [-0.15, -0.1) is 0 Å². The molecule has 0 bridgehead atoms. The van der Waals surface area contributed by atoms with Gasteiger partial charge in [0, 0.05) is 34.5 Å². The summed E-state index contributed by atoms with van der Waals surface area (Å²) < 4.78 is 36.4. The Morgan fingerprint density at radius 2 is 1.84 bits per heavy atom. The molecule has 2 unspecified atom stereocenters. The van der Waals surface area contributed by atoms with E-state index in [-0.39, 0.29) is 10.9 Å². The van der Waals surface area contributed by atoms with Gasteiger partial charge in [0.1, 0.15) is 0 Å². The lowest BCUT2D eigenvalue weighted by Crippen LogP contribution is -2.19. The van der Waals surface area contributed by atoms with Crippen molar-refractivity contribution in [3.05, 3.63) is 24.3 Å². The standard InChI is InChI=1S/C12H20N2O3S2/c1-10(8-9-18(3)15)14-11-4-6-12(7-5-11)19(16,17)13-2/h4-7,10,13-14H,8-9H2,1-3H3. The quantitative estimate of drug-likeness (QED) is 0.793. The Kier molecular flexibility index (Phi) is 5.96. The van der Waals surface area contributed by atoms with Crippen LogP contribution in [0.25, 0.3) is 0 Å². The zero-order valence-electron chi connectivity index (χ0n) is 11.3. The van der Waals surface area contributed by atoms with Crippen molar-refractivity contribution in [1.29, 1.82) is 0 Å². The summed E-state index contributed by atoms with van der Waals surface area (Å²) in [6.07, 6.45) is 2.49. The Labute approximate surface area is 117 Å². The van der Waals surface area contributed by atoms with E-state index in [1.54, 1.807) is 30.5 Å². The van der Waals surface area contributed by atoms with Crippen molar-refractivity contribution < 1.29 is 12.6 Å². The molecular formula is C12H20N2O3S2. The number of sulfonamides is 1. The molecule has 0 aliphatic heterocycles. The maximum absolute atomic E-state index is 11.5. The lowest BCUT2D eigenvalue weighted by atomic mass is 10.2. The van der Waals surface area contributed by atoms with E-state index < -0.39 is 20.8 Å². The maximum Gasteiger partial charge on any atom is 0.240 e. The van der Waals surface area contributed by atoms with Gasteiger partial charge in [-0.05, 0) is 44.7 Å². The Morgan fingerprint density at radius 3 is 2.32 bits per heavy atom. The van der Waals surface area contributed by atoms with Gasteiger partial charge in [-0.1, -0.05) is 0 Å². The predicted molar refractivity (Wildman–Crippen MR) is 79.3 cm³/mol. The second kappa shape index (κ2) is 7.02. The summed E-state index contributed by atoms with van der Waals surface area (Å²) in [5.74, 6) is 0.653. The zero-order chi connectivity index (χ0) is 14.5. The van der Waals surface area contributed by atoms with Gasteiger partial charge in [-0.3, -0.25) is 4.21 Å². The zero-order valence-corrected chi connectivity index (χ0v) is 13.0. The van der Waals surface area contributed by atoms with Crippen LogP contribution in [0.1, 0.15) is 13.3 Å². The summed E-state index contributed by atoms with van der Waals surface area (Å²) in [5.41, 5.74) is 0.851. The van der Waals surface area contributed by atoms with Crippen molar-refractivity contribution >= 4 is 26.5 Å². The van der Waals surface area contributed by atoms with Crippen molar-refractivity contribution in [3.8, 4) is 0 Å². The third-order valence-corrected chi connectivity index (χ3v) is 4.93. The second-order valence-electron chi connectivity index (χ2n) is 4.34. The van der Waals surface area contributed by atoms with Gasteiger partial charge in [-0.25, -0.2) is 13.1 Å². The lowest BCUT2D eigenvalue weighted by molar-refractivity contribution is 0.588. The summed E-state index contributed by atoms with van der Waals surface area (Å²) in [7, 11) is -2.79. The monoisotopic (exact) mass is 304 g/mol. The third-order valence-electron chi connectivity index (χ3n) is 2.68.